The number of hydrogen-bond acceptors (Lipinski definition) is 3. The first-order valence-corrected chi connectivity index (χ1v) is 7.13. The maximum atomic E-state index is 11.7. The van der Waals surface area contributed by atoms with E-state index in [1.165, 1.54) is 5.57 Å². The predicted molar refractivity (Wildman–Crippen MR) is 80.9 cm³/mol. The number of ether oxygens (including phenoxy) is 1. The summed E-state index contributed by atoms with van der Waals surface area (Å²) >= 11 is 3.48. The van der Waals surface area contributed by atoms with Gasteiger partial charge in [0.05, 0.1) is 6.61 Å². The summed E-state index contributed by atoms with van der Waals surface area (Å²) in [6.45, 7) is 4.07. The molecule has 1 heterocycles. The van der Waals surface area contributed by atoms with Crippen molar-refractivity contribution in [2.75, 3.05) is 31.7 Å². The van der Waals surface area contributed by atoms with E-state index in [0.717, 1.165) is 35.2 Å². The summed E-state index contributed by atoms with van der Waals surface area (Å²) < 4.78 is 6.15. The Morgan fingerprint density at radius 2 is 2.26 bits per heavy atom. The molecule has 0 unspecified atom stereocenters. The largest absolute Gasteiger partial charge is 0.380 e. The second-order valence-electron chi connectivity index (χ2n) is 4.71. The zero-order valence-corrected chi connectivity index (χ0v) is 12.9. The number of nitrogens with zero attached hydrogens (tertiary/aromatic N) is 1. The molecule has 0 saturated heterocycles. The molecule has 0 radical (unpaired) electrons. The summed E-state index contributed by atoms with van der Waals surface area (Å²) in [6.07, 6.45) is 3.18. The fourth-order valence-electron chi connectivity index (χ4n) is 2.31. The highest BCUT2D eigenvalue weighted by molar-refractivity contribution is 9.10. The summed E-state index contributed by atoms with van der Waals surface area (Å²) in [5, 5.41) is 0. The van der Waals surface area contributed by atoms with E-state index in [9.17, 15) is 4.79 Å². The van der Waals surface area contributed by atoms with Gasteiger partial charge < -0.3 is 9.64 Å². The van der Waals surface area contributed by atoms with Crippen LogP contribution in [0.2, 0.25) is 0 Å². The van der Waals surface area contributed by atoms with Gasteiger partial charge in [0.15, 0.2) is 5.78 Å². The van der Waals surface area contributed by atoms with E-state index < -0.39 is 0 Å². The lowest BCUT2D eigenvalue weighted by Gasteiger charge is -2.30. The minimum absolute atomic E-state index is 0.106. The van der Waals surface area contributed by atoms with Crippen LogP contribution in [0.5, 0.6) is 0 Å². The number of benzene rings is 1. The van der Waals surface area contributed by atoms with Crippen molar-refractivity contribution in [1.82, 2.24) is 0 Å². The summed E-state index contributed by atoms with van der Waals surface area (Å²) in [5.74, 6) is 0.106. The topological polar surface area (TPSA) is 29.5 Å². The van der Waals surface area contributed by atoms with Crippen molar-refractivity contribution in [3.8, 4) is 0 Å². The Balaban J connectivity index is 2.23. The fourth-order valence-corrected chi connectivity index (χ4v) is 2.66. The molecule has 3 nitrogen and oxygen atoms in total. The Kier molecular flexibility index (Phi) is 4.77. The molecule has 1 aliphatic heterocycles. The molecular weight excluding hydrogens is 306 g/mol. The minimum atomic E-state index is 0.106. The van der Waals surface area contributed by atoms with Gasteiger partial charge in [-0.1, -0.05) is 22.0 Å². The van der Waals surface area contributed by atoms with Crippen molar-refractivity contribution in [1.29, 1.82) is 0 Å². The number of hydrogen-bond donors (Lipinski definition) is 0. The first kappa shape index (κ1) is 14.3. The van der Waals surface area contributed by atoms with Gasteiger partial charge in [-0.2, -0.15) is 0 Å². The van der Waals surface area contributed by atoms with E-state index in [1.54, 1.807) is 14.0 Å². The number of rotatable bonds is 4. The number of carbonyl (C=O) groups is 1. The number of carbonyl (C=O) groups excluding carboxylic acids is 1. The predicted octanol–water partition coefficient (Wildman–Crippen LogP) is 3.43. The van der Waals surface area contributed by atoms with Crippen LogP contribution in [0.25, 0.3) is 0 Å². The minimum Gasteiger partial charge on any atom is -0.380 e. The molecular formula is C15H18BrNO2. The van der Waals surface area contributed by atoms with Crippen molar-refractivity contribution in [2.24, 2.45) is 0 Å². The Morgan fingerprint density at radius 3 is 2.84 bits per heavy atom. The molecule has 19 heavy (non-hydrogen) atoms. The number of ketones is 1. The molecule has 0 fully saturated rings. The summed E-state index contributed by atoms with van der Waals surface area (Å²) in [6, 6.07) is 5.82. The van der Waals surface area contributed by atoms with E-state index in [2.05, 4.69) is 26.9 Å². The van der Waals surface area contributed by atoms with Crippen molar-refractivity contribution < 1.29 is 9.53 Å². The highest BCUT2D eigenvalue weighted by Crippen LogP contribution is 2.28. The molecule has 1 aliphatic rings. The van der Waals surface area contributed by atoms with Crippen LogP contribution in [-0.4, -0.2) is 32.6 Å². The molecule has 0 spiro atoms. The third-order valence-electron chi connectivity index (χ3n) is 3.31. The van der Waals surface area contributed by atoms with Crippen LogP contribution in [0.3, 0.4) is 0 Å². The molecule has 102 valence electrons. The second kappa shape index (κ2) is 6.35. The fraction of sp³-hybridized carbons (Fsp3) is 0.400. The average molecular weight is 324 g/mol. The first-order chi connectivity index (χ1) is 9.11. The Bertz CT molecular complexity index is 511. The summed E-state index contributed by atoms with van der Waals surface area (Å²) in [5.41, 5.74) is 3.12. The molecule has 1 aromatic rings. The van der Waals surface area contributed by atoms with Gasteiger partial charge in [0, 0.05) is 35.9 Å². The molecule has 0 saturated carbocycles. The molecule has 0 bridgehead atoms. The molecule has 0 aliphatic carbocycles. The average Bonchev–Trinajstić information content (AvgIpc) is 2.39. The van der Waals surface area contributed by atoms with E-state index in [1.807, 2.05) is 18.2 Å². The lowest BCUT2D eigenvalue weighted by molar-refractivity contribution is 0.101. The lowest BCUT2D eigenvalue weighted by atomic mass is 10.0. The van der Waals surface area contributed by atoms with Gasteiger partial charge in [-0.05, 0) is 37.1 Å². The van der Waals surface area contributed by atoms with Gasteiger partial charge in [-0.25, -0.2) is 0 Å². The Morgan fingerprint density at radius 1 is 1.47 bits per heavy atom. The molecule has 0 amide bonds. The van der Waals surface area contributed by atoms with E-state index in [4.69, 9.17) is 4.74 Å². The van der Waals surface area contributed by atoms with Gasteiger partial charge in [0.1, 0.15) is 0 Å². The Hall–Kier alpha value is -1.13. The Labute approximate surface area is 122 Å². The monoisotopic (exact) mass is 323 g/mol. The third kappa shape index (κ3) is 3.45. The zero-order valence-electron chi connectivity index (χ0n) is 11.3. The van der Waals surface area contributed by atoms with Gasteiger partial charge in [-0.3, -0.25) is 4.79 Å². The maximum absolute atomic E-state index is 11.7. The lowest BCUT2D eigenvalue weighted by Crippen LogP contribution is -2.30. The SMILES string of the molecule is COCC1=CCN(c2cc(Br)ccc2C(C)=O)CC1. The number of Topliss-reactive ketones (excluding diaryl/α,β-unsaturated/α-hetero) is 1. The van der Waals surface area contributed by atoms with Gasteiger partial charge in [-0.15, -0.1) is 0 Å². The molecule has 0 aromatic heterocycles. The normalized spacial score (nSPS) is 15.3. The standard InChI is InChI=1S/C15H18BrNO2/c1-11(18)14-4-3-13(16)9-15(14)17-7-5-12(6-8-17)10-19-2/h3-5,9H,6-8,10H2,1-2H3. The molecule has 2 rings (SSSR count). The van der Waals surface area contributed by atoms with Crippen molar-refractivity contribution in [3.05, 3.63) is 39.9 Å². The number of methoxy groups -OCH3 is 1. The molecule has 1 aromatic carbocycles. The highest BCUT2D eigenvalue weighted by atomic mass is 79.9. The summed E-state index contributed by atoms with van der Waals surface area (Å²) in [4.78, 5) is 13.9. The van der Waals surface area contributed by atoms with Gasteiger partial charge >= 0.3 is 0 Å². The van der Waals surface area contributed by atoms with Crippen LogP contribution in [0, 0.1) is 0 Å². The van der Waals surface area contributed by atoms with E-state index >= 15 is 0 Å². The van der Waals surface area contributed by atoms with Crippen molar-refractivity contribution >= 4 is 27.4 Å². The van der Waals surface area contributed by atoms with Crippen LogP contribution in [-0.2, 0) is 4.74 Å². The summed E-state index contributed by atoms with van der Waals surface area (Å²) in [7, 11) is 1.72. The number of anilines is 1. The van der Waals surface area contributed by atoms with Gasteiger partial charge in [0.2, 0.25) is 0 Å². The number of halogens is 1. The smallest absolute Gasteiger partial charge is 0.161 e. The van der Waals surface area contributed by atoms with Crippen molar-refractivity contribution in [3.63, 3.8) is 0 Å². The highest BCUT2D eigenvalue weighted by Gasteiger charge is 2.17. The van der Waals surface area contributed by atoms with Gasteiger partial charge in [0.25, 0.3) is 0 Å². The molecule has 0 atom stereocenters. The van der Waals surface area contributed by atoms with Crippen molar-refractivity contribution in [2.45, 2.75) is 13.3 Å². The second-order valence-corrected chi connectivity index (χ2v) is 5.62. The van der Waals surface area contributed by atoms with Crippen LogP contribution in [0.4, 0.5) is 5.69 Å². The zero-order chi connectivity index (χ0) is 13.8. The van der Waals surface area contributed by atoms with E-state index in [-0.39, 0.29) is 5.78 Å². The first-order valence-electron chi connectivity index (χ1n) is 6.34. The van der Waals surface area contributed by atoms with Crippen LogP contribution < -0.4 is 4.90 Å². The van der Waals surface area contributed by atoms with Crippen LogP contribution in [0.1, 0.15) is 23.7 Å². The quantitative estimate of drug-likeness (QED) is 0.628. The molecule has 4 heteroatoms. The van der Waals surface area contributed by atoms with Crippen LogP contribution in [0.15, 0.2) is 34.3 Å². The third-order valence-corrected chi connectivity index (χ3v) is 3.81. The van der Waals surface area contributed by atoms with E-state index in [0.29, 0.717) is 6.61 Å². The molecule has 0 N–H and O–H groups in total. The van der Waals surface area contributed by atoms with Crippen LogP contribution >= 0.6 is 15.9 Å². The maximum Gasteiger partial charge on any atom is 0.161 e.